The summed E-state index contributed by atoms with van der Waals surface area (Å²) in [5.41, 5.74) is -1.23. The Balaban J connectivity index is 3.03. The van der Waals surface area contributed by atoms with E-state index >= 15 is 0 Å². The maximum atomic E-state index is 9.91. The highest BCUT2D eigenvalue weighted by molar-refractivity contribution is 5.08. The zero-order chi connectivity index (χ0) is 9.90. The summed E-state index contributed by atoms with van der Waals surface area (Å²) in [5.74, 6) is 0. The zero-order valence-electron chi connectivity index (χ0n) is 7.60. The van der Waals surface area contributed by atoms with E-state index in [0.717, 1.165) is 0 Å². The van der Waals surface area contributed by atoms with Gasteiger partial charge in [-0.05, 0) is 14.0 Å². The molecule has 0 aliphatic heterocycles. The molecule has 5 nitrogen and oxygen atoms in total. The molecule has 0 fully saturated rings. The van der Waals surface area contributed by atoms with Gasteiger partial charge in [0.15, 0.2) is 5.72 Å². The fraction of sp³-hybridized carbons (Fsp3) is 0.500. The highest BCUT2D eigenvalue weighted by atomic mass is 16.4. The Hall–Kier alpha value is -1.04. The van der Waals surface area contributed by atoms with Gasteiger partial charge in [-0.3, -0.25) is 15.3 Å². The van der Waals surface area contributed by atoms with E-state index in [2.05, 4.69) is 15.3 Å². The van der Waals surface area contributed by atoms with E-state index in [1.54, 1.807) is 7.05 Å². The van der Waals surface area contributed by atoms with Gasteiger partial charge in [-0.1, -0.05) is 0 Å². The molecule has 1 heterocycles. The number of nitrogens with zero attached hydrogens (tertiary/aromatic N) is 2. The molecular weight excluding hydrogens is 170 g/mol. The van der Waals surface area contributed by atoms with Gasteiger partial charge in [-0.15, -0.1) is 0 Å². The van der Waals surface area contributed by atoms with Gasteiger partial charge in [0.05, 0.1) is 12.3 Å². The number of likely N-dealkylation sites (N-methyl/N-ethyl adjacent to an activating group) is 1. The molecule has 5 heteroatoms. The first kappa shape index (κ1) is 10.0. The third kappa shape index (κ3) is 1.82. The number of hydrogen-bond acceptors (Lipinski definition) is 5. The molecule has 72 valence electrons. The predicted octanol–water partition coefficient (Wildman–Crippen LogP) is -0.778. The Morgan fingerprint density at radius 3 is 2.62 bits per heavy atom. The normalized spacial score (nSPS) is 17.8. The largest absolute Gasteiger partial charge is 0.389 e. The van der Waals surface area contributed by atoms with Crippen molar-refractivity contribution in [2.45, 2.75) is 18.8 Å². The van der Waals surface area contributed by atoms with Crippen molar-refractivity contribution in [1.82, 2.24) is 15.3 Å². The molecule has 1 aromatic rings. The molecule has 0 aliphatic carbocycles. The topological polar surface area (TPSA) is 78.3 Å². The van der Waals surface area contributed by atoms with Gasteiger partial charge in [0.1, 0.15) is 5.69 Å². The zero-order valence-corrected chi connectivity index (χ0v) is 7.60. The van der Waals surface area contributed by atoms with Crippen LogP contribution in [0, 0.1) is 0 Å². The van der Waals surface area contributed by atoms with Crippen molar-refractivity contribution in [3.63, 3.8) is 0 Å². The summed E-state index contributed by atoms with van der Waals surface area (Å²) in [4.78, 5) is 7.72. The minimum absolute atomic E-state index is 0.299. The molecule has 0 aliphatic rings. The maximum Gasteiger partial charge on any atom is 0.186 e. The van der Waals surface area contributed by atoms with Crippen LogP contribution >= 0.6 is 0 Å². The van der Waals surface area contributed by atoms with Gasteiger partial charge in [-0.25, -0.2) is 0 Å². The summed E-state index contributed by atoms with van der Waals surface area (Å²) < 4.78 is 0. The number of aliphatic hydroxyl groups is 2. The van der Waals surface area contributed by atoms with Crippen molar-refractivity contribution in [3.8, 4) is 0 Å². The second kappa shape index (κ2) is 3.78. The second-order valence-electron chi connectivity index (χ2n) is 2.78. The van der Waals surface area contributed by atoms with Crippen molar-refractivity contribution >= 4 is 0 Å². The highest BCUT2D eigenvalue weighted by Gasteiger charge is 2.34. The van der Waals surface area contributed by atoms with Crippen LogP contribution in [0.25, 0.3) is 0 Å². The number of aliphatic hydroxyl groups excluding tert-OH is 1. The molecule has 3 N–H and O–H groups in total. The average molecular weight is 183 g/mol. The third-order valence-electron chi connectivity index (χ3n) is 1.94. The Morgan fingerprint density at radius 2 is 2.23 bits per heavy atom. The van der Waals surface area contributed by atoms with Crippen LogP contribution in [0.15, 0.2) is 18.6 Å². The lowest BCUT2D eigenvalue weighted by Crippen LogP contribution is -2.49. The summed E-state index contributed by atoms with van der Waals surface area (Å²) in [6, 6.07) is 0. The number of hydrogen-bond donors (Lipinski definition) is 3. The molecule has 0 bridgehead atoms. The summed E-state index contributed by atoms with van der Waals surface area (Å²) >= 11 is 0. The Labute approximate surface area is 76.5 Å². The third-order valence-corrected chi connectivity index (χ3v) is 1.94. The Kier molecular flexibility index (Phi) is 2.92. The predicted molar refractivity (Wildman–Crippen MR) is 46.7 cm³/mol. The average Bonchev–Trinajstić information content (AvgIpc) is 2.17. The maximum absolute atomic E-state index is 9.91. The van der Waals surface area contributed by atoms with E-state index in [-0.39, 0.29) is 0 Å². The molecule has 0 saturated carbocycles. The lowest BCUT2D eigenvalue weighted by Gasteiger charge is -2.29. The monoisotopic (exact) mass is 183 g/mol. The molecular formula is C8H13N3O2. The van der Waals surface area contributed by atoms with E-state index in [0.29, 0.717) is 5.69 Å². The lowest BCUT2D eigenvalue weighted by molar-refractivity contribution is -0.0952. The first-order valence-electron chi connectivity index (χ1n) is 3.97. The van der Waals surface area contributed by atoms with E-state index in [4.69, 9.17) is 0 Å². The lowest BCUT2D eigenvalue weighted by atomic mass is 10.1. The van der Waals surface area contributed by atoms with Gasteiger partial charge in [0, 0.05) is 12.4 Å². The molecule has 0 radical (unpaired) electrons. The van der Waals surface area contributed by atoms with E-state index in [9.17, 15) is 10.2 Å². The van der Waals surface area contributed by atoms with Crippen molar-refractivity contribution in [2.24, 2.45) is 0 Å². The summed E-state index contributed by atoms with van der Waals surface area (Å²) in [7, 11) is 1.54. The fourth-order valence-corrected chi connectivity index (χ4v) is 1.05. The van der Waals surface area contributed by atoms with Gasteiger partial charge in [-0.2, -0.15) is 0 Å². The molecule has 2 atom stereocenters. The first-order chi connectivity index (χ1) is 6.11. The fourth-order valence-electron chi connectivity index (χ4n) is 1.05. The summed E-state index contributed by atoms with van der Waals surface area (Å²) in [5, 5.41) is 21.8. The van der Waals surface area contributed by atoms with Crippen molar-refractivity contribution in [1.29, 1.82) is 0 Å². The molecule has 1 aromatic heterocycles. The van der Waals surface area contributed by atoms with Crippen molar-refractivity contribution in [3.05, 3.63) is 24.3 Å². The van der Waals surface area contributed by atoms with Crippen molar-refractivity contribution < 1.29 is 10.2 Å². The molecule has 0 aromatic carbocycles. The molecule has 0 amide bonds. The van der Waals surface area contributed by atoms with E-state index < -0.39 is 11.8 Å². The number of nitrogens with one attached hydrogen (secondary N) is 1. The van der Waals surface area contributed by atoms with Gasteiger partial charge >= 0.3 is 0 Å². The second-order valence-corrected chi connectivity index (χ2v) is 2.78. The standard InChI is InChI=1S/C8H13N3O2/c1-6(12)8(13,9-2)7-5-10-3-4-11-7/h3-6,9,12-13H,1-2H3. The van der Waals surface area contributed by atoms with Crippen LogP contribution in [0.1, 0.15) is 12.6 Å². The smallest absolute Gasteiger partial charge is 0.186 e. The van der Waals surface area contributed by atoms with Gasteiger partial charge in [0.25, 0.3) is 0 Å². The SMILES string of the molecule is CNC(O)(c1cnccn1)C(C)O. The summed E-state index contributed by atoms with van der Waals surface area (Å²) in [6.07, 6.45) is 3.40. The van der Waals surface area contributed by atoms with Gasteiger partial charge in [0.2, 0.25) is 0 Å². The Bertz CT molecular complexity index is 265. The van der Waals surface area contributed by atoms with Crippen molar-refractivity contribution in [2.75, 3.05) is 7.05 Å². The van der Waals surface area contributed by atoms with Crippen LogP contribution in [-0.4, -0.2) is 33.3 Å². The van der Waals surface area contributed by atoms with E-state index in [1.165, 1.54) is 25.5 Å². The van der Waals surface area contributed by atoms with Crippen LogP contribution in [-0.2, 0) is 5.72 Å². The number of aromatic nitrogens is 2. The highest BCUT2D eigenvalue weighted by Crippen LogP contribution is 2.17. The van der Waals surface area contributed by atoms with Gasteiger partial charge < -0.3 is 10.2 Å². The summed E-state index contributed by atoms with van der Waals surface area (Å²) in [6.45, 7) is 1.48. The van der Waals surface area contributed by atoms with Crippen LogP contribution in [0.2, 0.25) is 0 Å². The quantitative estimate of drug-likeness (QED) is 0.536. The minimum Gasteiger partial charge on any atom is -0.389 e. The van der Waals surface area contributed by atoms with Crippen LogP contribution in [0.5, 0.6) is 0 Å². The Morgan fingerprint density at radius 1 is 1.54 bits per heavy atom. The first-order valence-corrected chi connectivity index (χ1v) is 3.97. The minimum atomic E-state index is -1.53. The molecule has 0 saturated heterocycles. The van der Waals surface area contributed by atoms with Crippen LogP contribution in [0.3, 0.4) is 0 Å². The van der Waals surface area contributed by atoms with E-state index in [1.807, 2.05) is 0 Å². The number of rotatable bonds is 3. The molecule has 0 spiro atoms. The molecule has 13 heavy (non-hydrogen) atoms. The molecule has 2 unspecified atom stereocenters. The van der Waals surface area contributed by atoms with Crippen LogP contribution in [0.4, 0.5) is 0 Å². The molecule has 1 rings (SSSR count). The van der Waals surface area contributed by atoms with Crippen LogP contribution < -0.4 is 5.32 Å².